The molecule has 1 atom stereocenters. The molecule has 0 aliphatic rings. The Balaban J connectivity index is 2.34. The molecule has 0 aliphatic heterocycles. The number of amides is 1. The largest absolute Gasteiger partial charge is 0.548 e. The summed E-state index contributed by atoms with van der Waals surface area (Å²) in [5, 5.41) is 24.1. The van der Waals surface area contributed by atoms with Crippen molar-refractivity contribution in [3.8, 4) is 5.75 Å². The Hall–Kier alpha value is -2.83. The number of carbonyl (C=O) groups is 2. The number of nitrogens with one attached hydrogen (secondary N) is 1. The van der Waals surface area contributed by atoms with Crippen LogP contribution in [0.25, 0.3) is 11.0 Å². The molecule has 1 heterocycles. The molecule has 0 spiro atoms. The molecule has 0 bridgehead atoms. The van der Waals surface area contributed by atoms with E-state index < -0.39 is 23.5 Å². The zero-order valence-corrected chi connectivity index (χ0v) is 15.2. The van der Waals surface area contributed by atoms with Gasteiger partial charge in [0.05, 0.1) is 29.4 Å². The summed E-state index contributed by atoms with van der Waals surface area (Å²) in [6, 6.07) is 2.03. The predicted octanol–water partition coefficient (Wildman–Crippen LogP) is 0.939. The molecule has 7 heteroatoms. The first-order chi connectivity index (χ1) is 12.1. The number of aliphatic carboxylic acids is 1. The lowest BCUT2D eigenvalue weighted by Gasteiger charge is -2.21. The second kappa shape index (κ2) is 7.59. The standard InChI is InChI=1S/C19H23NO6/c1-9(2)5-13(18(23)24)20-16(22)8-12-11(4)17-14(21)6-10(3)7-15(17)26-19(12)25/h6-7,9,13,21H,5,8H2,1-4H3,(H,20,22)(H,23,24)/p-1/t13-/m0/s1. The number of carbonyl (C=O) groups excluding carboxylic acids is 2. The Morgan fingerprint density at radius 2 is 1.92 bits per heavy atom. The van der Waals surface area contributed by atoms with Gasteiger partial charge in [-0.2, -0.15) is 0 Å². The van der Waals surface area contributed by atoms with E-state index in [1.807, 2.05) is 13.8 Å². The topological polar surface area (TPSA) is 120 Å². The molecule has 26 heavy (non-hydrogen) atoms. The summed E-state index contributed by atoms with van der Waals surface area (Å²) in [5.74, 6) is -2.00. The number of hydrogen-bond acceptors (Lipinski definition) is 6. The van der Waals surface area contributed by atoms with Crippen molar-refractivity contribution in [1.29, 1.82) is 0 Å². The molecule has 2 rings (SSSR count). The summed E-state index contributed by atoms with van der Waals surface area (Å²) in [4.78, 5) is 35.7. The number of phenolic OH excluding ortho intramolecular Hbond substituents is 1. The first-order valence-electron chi connectivity index (χ1n) is 8.36. The van der Waals surface area contributed by atoms with Crippen molar-refractivity contribution in [2.24, 2.45) is 5.92 Å². The fourth-order valence-electron chi connectivity index (χ4n) is 2.95. The molecule has 2 aromatic rings. The fourth-order valence-corrected chi connectivity index (χ4v) is 2.95. The van der Waals surface area contributed by atoms with Gasteiger partial charge in [0.25, 0.3) is 0 Å². The fraction of sp³-hybridized carbons (Fsp3) is 0.421. The minimum atomic E-state index is -1.37. The first kappa shape index (κ1) is 19.5. The van der Waals surface area contributed by atoms with Crippen molar-refractivity contribution < 1.29 is 24.2 Å². The van der Waals surface area contributed by atoms with E-state index in [4.69, 9.17) is 4.42 Å². The molecule has 0 fully saturated rings. The van der Waals surface area contributed by atoms with E-state index in [1.54, 1.807) is 19.9 Å². The molecule has 1 amide bonds. The van der Waals surface area contributed by atoms with Crippen LogP contribution in [-0.2, 0) is 16.0 Å². The van der Waals surface area contributed by atoms with Crippen molar-refractivity contribution in [3.05, 3.63) is 39.2 Å². The molecule has 2 N–H and O–H groups in total. The minimum absolute atomic E-state index is 0.0460. The highest BCUT2D eigenvalue weighted by atomic mass is 16.4. The summed E-state index contributed by atoms with van der Waals surface area (Å²) in [6.07, 6.45) is -0.126. The minimum Gasteiger partial charge on any atom is -0.548 e. The second-order valence-electron chi connectivity index (χ2n) is 6.90. The molecular weight excluding hydrogens is 338 g/mol. The molecular formula is C19H22NO6-. The van der Waals surface area contributed by atoms with Crippen molar-refractivity contribution in [3.63, 3.8) is 0 Å². The van der Waals surface area contributed by atoms with Gasteiger partial charge in [0.1, 0.15) is 11.3 Å². The first-order valence-corrected chi connectivity index (χ1v) is 8.36. The number of phenols is 1. The number of hydrogen-bond donors (Lipinski definition) is 2. The summed E-state index contributed by atoms with van der Waals surface area (Å²) in [6.45, 7) is 7.02. The van der Waals surface area contributed by atoms with Gasteiger partial charge < -0.3 is 24.7 Å². The molecule has 7 nitrogen and oxygen atoms in total. The Bertz CT molecular complexity index is 912. The number of carboxylic acids is 1. The second-order valence-corrected chi connectivity index (χ2v) is 6.90. The zero-order valence-electron chi connectivity index (χ0n) is 15.2. The average Bonchev–Trinajstić information content (AvgIpc) is 2.49. The van der Waals surface area contributed by atoms with Gasteiger partial charge >= 0.3 is 5.63 Å². The van der Waals surface area contributed by atoms with Crippen LogP contribution in [0, 0.1) is 19.8 Å². The summed E-state index contributed by atoms with van der Waals surface area (Å²) in [5.41, 5.74) is 0.785. The molecule has 0 saturated carbocycles. The van der Waals surface area contributed by atoms with Crippen LogP contribution in [0.2, 0.25) is 0 Å². The molecule has 0 aliphatic carbocycles. The van der Waals surface area contributed by atoms with Crippen LogP contribution < -0.4 is 16.0 Å². The quantitative estimate of drug-likeness (QED) is 0.740. The van der Waals surface area contributed by atoms with Gasteiger partial charge in [-0.15, -0.1) is 0 Å². The summed E-state index contributed by atoms with van der Waals surface area (Å²) < 4.78 is 5.23. The SMILES string of the molecule is Cc1cc(O)c2c(C)c(CC(=O)N[C@@H](CC(C)C)C(=O)[O-])c(=O)oc2c1. The molecule has 140 valence electrons. The van der Waals surface area contributed by atoms with E-state index in [-0.39, 0.29) is 35.7 Å². The van der Waals surface area contributed by atoms with Crippen LogP contribution in [0.4, 0.5) is 0 Å². The van der Waals surface area contributed by atoms with Crippen LogP contribution in [-0.4, -0.2) is 23.0 Å². The van der Waals surface area contributed by atoms with Crippen molar-refractivity contribution in [2.75, 3.05) is 0 Å². The van der Waals surface area contributed by atoms with E-state index in [9.17, 15) is 24.6 Å². The maximum atomic E-state index is 12.3. The van der Waals surface area contributed by atoms with E-state index in [0.29, 0.717) is 10.9 Å². The van der Waals surface area contributed by atoms with E-state index in [2.05, 4.69) is 5.32 Å². The van der Waals surface area contributed by atoms with Crippen LogP contribution in [0.15, 0.2) is 21.3 Å². The maximum absolute atomic E-state index is 12.3. The third kappa shape index (κ3) is 4.22. The number of benzene rings is 1. The van der Waals surface area contributed by atoms with Crippen molar-refractivity contribution in [1.82, 2.24) is 5.32 Å². The number of rotatable bonds is 6. The van der Waals surface area contributed by atoms with Gasteiger partial charge in [0, 0.05) is 0 Å². The highest BCUT2D eigenvalue weighted by molar-refractivity contribution is 5.90. The van der Waals surface area contributed by atoms with Gasteiger partial charge in [-0.1, -0.05) is 13.8 Å². The molecule has 0 saturated heterocycles. The highest BCUT2D eigenvalue weighted by Crippen LogP contribution is 2.29. The summed E-state index contributed by atoms with van der Waals surface area (Å²) >= 11 is 0. The van der Waals surface area contributed by atoms with Crippen LogP contribution >= 0.6 is 0 Å². The molecule has 0 radical (unpaired) electrons. The number of aromatic hydroxyl groups is 1. The van der Waals surface area contributed by atoms with E-state index >= 15 is 0 Å². The van der Waals surface area contributed by atoms with Crippen LogP contribution in [0.3, 0.4) is 0 Å². The Kier molecular flexibility index (Phi) is 5.69. The van der Waals surface area contributed by atoms with E-state index in [0.717, 1.165) is 5.56 Å². The molecule has 0 unspecified atom stereocenters. The van der Waals surface area contributed by atoms with Gasteiger partial charge in [0.15, 0.2) is 0 Å². The third-order valence-electron chi connectivity index (χ3n) is 4.17. The lowest BCUT2D eigenvalue weighted by atomic mass is 10.0. The van der Waals surface area contributed by atoms with Gasteiger partial charge in [0.2, 0.25) is 5.91 Å². The number of fused-ring (bicyclic) bond motifs is 1. The maximum Gasteiger partial charge on any atom is 0.340 e. The number of carboxylic acid groups (broad SMARTS) is 1. The van der Waals surface area contributed by atoms with Crippen LogP contribution in [0.1, 0.15) is 37.0 Å². The Morgan fingerprint density at radius 1 is 1.27 bits per heavy atom. The van der Waals surface area contributed by atoms with E-state index in [1.165, 1.54) is 6.07 Å². The monoisotopic (exact) mass is 360 g/mol. The van der Waals surface area contributed by atoms with Crippen molar-refractivity contribution >= 4 is 22.8 Å². The Morgan fingerprint density at radius 3 is 2.50 bits per heavy atom. The molecule has 1 aromatic heterocycles. The summed E-state index contributed by atoms with van der Waals surface area (Å²) in [7, 11) is 0. The average molecular weight is 360 g/mol. The zero-order chi connectivity index (χ0) is 19.6. The van der Waals surface area contributed by atoms with Gasteiger partial charge in [-0.3, -0.25) is 4.79 Å². The van der Waals surface area contributed by atoms with Gasteiger partial charge in [-0.25, -0.2) is 4.79 Å². The Labute approximate surface area is 150 Å². The van der Waals surface area contributed by atoms with Crippen LogP contribution in [0.5, 0.6) is 5.75 Å². The lowest BCUT2D eigenvalue weighted by molar-refractivity contribution is -0.308. The predicted molar refractivity (Wildman–Crippen MR) is 93.7 cm³/mol. The van der Waals surface area contributed by atoms with Gasteiger partial charge in [-0.05, 0) is 49.4 Å². The lowest BCUT2D eigenvalue weighted by Crippen LogP contribution is -2.49. The highest BCUT2D eigenvalue weighted by Gasteiger charge is 2.20. The smallest absolute Gasteiger partial charge is 0.340 e. The van der Waals surface area contributed by atoms with Crippen molar-refractivity contribution in [2.45, 2.75) is 46.6 Å². The number of aryl methyl sites for hydroxylation is 2. The molecule has 1 aromatic carbocycles. The normalized spacial score (nSPS) is 12.3. The third-order valence-corrected chi connectivity index (χ3v) is 4.17.